The minimum absolute atomic E-state index is 0. The molecule has 1 aliphatic rings. The van der Waals surface area contributed by atoms with Crippen molar-refractivity contribution in [2.24, 2.45) is 0 Å². The Balaban J connectivity index is 0.00000242. The summed E-state index contributed by atoms with van der Waals surface area (Å²) in [5.74, 6) is 0.106. The zero-order valence-corrected chi connectivity index (χ0v) is 15.7. The summed E-state index contributed by atoms with van der Waals surface area (Å²) in [7, 11) is 2.98. The molecule has 6 nitrogen and oxygen atoms in total. The van der Waals surface area contributed by atoms with Crippen LogP contribution in [-0.2, 0) is 44.1 Å². The molecule has 0 atom stereocenters. The molecule has 1 aromatic rings. The Morgan fingerprint density at radius 2 is 2.14 bits per heavy atom. The molecule has 0 aliphatic carbocycles. The van der Waals surface area contributed by atoms with Crippen molar-refractivity contribution < 1.29 is 47.0 Å². The molecule has 0 saturated carbocycles. The molecule has 1 radical (unpaired) electrons. The van der Waals surface area contributed by atoms with Crippen LogP contribution < -0.4 is 4.74 Å². The molecule has 0 aromatic carbocycles. The normalized spacial score (nSPS) is 14.0. The van der Waals surface area contributed by atoms with Crippen molar-refractivity contribution in [3.63, 3.8) is 0 Å². The summed E-state index contributed by atoms with van der Waals surface area (Å²) < 4.78 is 10.2. The van der Waals surface area contributed by atoms with E-state index in [4.69, 9.17) is 14.7 Å². The van der Waals surface area contributed by atoms with Gasteiger partial charge in [0.05, 0.1) is 25.0 Å². The van der Waals surface area contributed by atoms with Gasteiger partial charge >= 0.3 is 0 Å². The van der Waals surface area contributed by atoms with Gasteiger partial charge in [-0.1, -0.05) is 0 Å². The van der Waals surface area contributed by atoms with Gasteiger partial charge in [-0.05, 0) is 19.2 Å². The van der Waals surface area contributed by atoms with Crippen LogP contribution in [0.15, 0.2) is 6.07 Å². The molecule has 1 aromatic heterocycles. The second-order valence-corrected chi connectivity index (χ2v) is 4.74. The van der Waals surface area contributed by atoms with E-state index in [0.717, 1.165) is 12.8 Å². The van der Waals surface area contributed by atoms with Gasteiger partial charge in [0.2, 0.25) is 5.88 Å². The van der Waals surface area contributed by atoms with E-state index in [9.17, 15) is 4.79 Å². The van der Waals surface area contributed by atoms with Gasteiger partial charge < -0.3 is 20.8 Å². The van der Waals surface area contributed by atoms with E-state index < -0.39 is 0 Å². The molecule has 0 unspecified atom stereocenters. The number of ether oxygens (including phenoxy) is 2. The van der Waals surface area contributed by atoms with Crippen molar-refractivity contribution in [2.75, 3.05) is 27.3 Å². The van der Waals surface area contributed by atoms with Crippen molar-refractivity contribution in [3.05, 3.63) is 29.3 Å². The summed E-state index contributed by atoms with van der Waals surface area (Å²) in [6.45, 7) is 1.58. The molecule has 0 spiro atoms. The first kappa shape index (κ1) is 19.0. The van der Waals surface area contributed by atoms with Crippen molar-refractivity contribution in [1.29, 1.82) is 5.26 Å². The number of amides is 1. The number of pyridine rings is 1. The fourth-order valence-electron chi connectivity index (χ4n) is 2.32. The molecule has 1 amide bonds. The molecule has 1 fully saturated rings. The van der Waals surface area contributed by atoms with E-state index in [1.54, 1.807) is 11.0 Å². The van der Waals surface area contributed by atoms with Crippen LogP contribution in [0.2, 0.25) is 0 Å². The van der Waals surface area contributed by atoms with Crippen LogP contribution in [0, 0.1) is 17.8 Å². The summed E-state index contributed by atoms with van der Waals surface area (Å²) in [6.07, 6.45) is 3.95. The fraction of sp³-hybridized carbons (Fsp3) is 0.467. The van der Waals surface area contributed by atoms with Crippen LogP contribution in [0.1, 0.15) is 34.5 Å². The molecule has 2 heterocycles. The third kappa shape index (κ3) is 4.25. The molecule has 7 heteroatoms. The minimum Gasteiger partial charge on any atom is -0.480 e. The number of carbonyl (C=O) groups is 1. The molecule has 0 N–H and O–H groups in total. The number of rotatable bonds is 4. The van der Waals surface area contributed by atoms with Crippen molar-refractivity contribution >= 4 is 5.91 Å². The number of hydrogen-bond acceptors (Lipinski definition) is 5. The van der Waals surface area contributed by atoms with E-state index in [-0.39, 0.29) is 56.7 Å². The number of hydrogen-bond donors (Lipinski definition) is 0. The average Bonchev–Trinajstić information content (AvgIpc) is 2.54. The van der Waals surface area contributed by atoms with Crippen molar-refractivity contribution in [1.82, 2.24) is 9.88 Å². The monoisotopic (exact) mass is 377 g/mol. The number of methoxy groups -OCH3 is 2. The van der Waals surface area contributed by atoms with Gasteiger partial charge in [-0.15, -0.1) is 0 Å². The molecular formula is C15H18N3O3Y-. The van der Waals surface area contributed by atoms with Gasteiger partial charge in [0, 0.05) is 39.8 Å². The first-order valence-electron chi connectivity index (χ1n) is 6.79. The van der Waals surface area contributed by atoms with Gasteiger partial charge in [-0.2, -0.15) is 18.1 Å². The Hall–Kier alpha value is -1.03. The third-order valence-corrected chi connectivity index (χ3v) is 3.39. The van der Waals surface area contributed by atoms with Crippen LogP contribution in [0.5, 0.6) is 5.88 Å². The Kier molecular flexibility index (Phi) is 7.94. The Morgan fingerprint density at radius 1 is 1.45 bits per heavy atom. The number of carbonyl (C=O) groups excluding carboxylic acids is 1. The summed E-state index contributed by atoms with van der Waals surface area (Å²) in [4.78, 5) is 18.7. The summed E-state index contributed by atoms with van der Waals surface area (Å²) in [6, 6.07) is 3.55. The number of piperidine rings is 1. The SMILES string of the molecule is COCc1nc(OC)c(C#N)cc1C(=O)N1CC[CH-]CC1.[Y]. The van der Waals surface area contributed by atoms with Crippen molar-refractivity contribution in [2.45, 2.75) is 19.4 Å². The molecular weight excluding hydrogens is 359 g/mol. The molecule has 2 rings (SSSR count). The van der Waals surface area contributed by atoms with Gasteiger partial charge in [0.15, 0.2) is 0 Å². The Morgan fingerprint density at radius 3 is 2.68 bits per heavy atom. The molecule has 22 heavy (non-hydrogen) atoms. The predicted octanol–water partition coefficient (Wildman–Crippen LogP) is 1.55. The van der Waals surface area contributed by atoms with E-state index in [2.05, 4.69) is 11.4 Å². The van der Waals surface area contributed by atoms with Crippen LogP contribution >= 0.6 is 0 Å². The zero-order valence-electron chi connectivity index (χ0n) is 12.8. The van der Waals surface area contributed by atoms with Crippen molar-refractivity contribution in [3.8, 4) is 11.9 Å². The minimum atomic E-state index is -0.109. The quantitative estimate of drug-likeness (QED) is 0.745. The van der Waals surface area contributed by atoms with E-state index in [1.165, 1.54) is 14.2 Å². The van der Waals surface area contributed by atoms with Gasteiger partial charge in [0.1, 0.15) is 11.6 Å². The molecule has 115 valence electrons. The fourth-order valence-corrected chi connectivity index (χ4v) is 2.32. The van der Waals surface area contributed by atoms with Crippen LogP contribution in [-0.4, -0.2) is 43.1 Å². The first-order valence-corrected chi connectivity index (χ1v) is 6.79. The maximum atomic E-state index is 12.6. The maximum Gasteiger partial charge on any atom is 0.255 e. The standard InChI is InChI=1S/C15H18N3O3.Y/c1-20-10-13-12(8-11(9-16)14(17-13)21-2)15(19)18-6-4-3-5-7-18;/h3,8H,4-7,10H2,1-2H3;/q-1;. The number of nitriles is 1. The van der Waals surface area contributed by atoms with E-state index >= 15 is 0 Å². The second-order valence-electron chi connectivity index (χ2n) is 4.74. The second kappa shape index (κ2) is 9.19. The topological polar surface area (TPSA) is 75.5 Å². The summed E-state index contributed by atoms with van der Waals surface area (Å²) in [5.41, 5.74) is 1.16. The molecule has 1 saturated heterocycles. The number of likely N-dealkylation sites (tertiary alicyclic amines) is 1. The van der Waals surface area contributed by atoms with Crippen LogP contribution in [0.3, 0.4) is 0 Å². The van der Waals surface area contributed by atoms with Gasteiger partial charge in [-0.25, -0.2) is 4.98 Å². The van der Waals surface area contributed by atoms with Gasteiger partial charge in [-0.3, -0.25) is 4.79 Å². The Labute approximate surface area is 155 Å². The number of aromatic nitrogens is 1. The average molecular weight is 377 g/mol. The summed E-state index contributed by atoms with van der Waals surface area (Å²) in [5, 5.41) is 9.16. The maximum absolute atomic E-state index is 12.6. The van der Waals surface area contributed by atoms with E-state index in [0.29, 0.717) is 24.3 Å². The summed E-state index contributed by atoms with van der Waals surface area (Å²) >= 11 is 0. The van der Waals surface area contributed by atoms with Gasteiger partial charge in [0.25, 0.3) is 5.91 Å². The van der Waals surface area contributed by atoms with Crippen LogP contribution in [0.25, 0.3) is 0 Å². The van der Waals surface area contributed by atoms with E-state index in [1.807, 2.05) is 6.07 Å². The molecule has 0 bridgehead atoms. The Bertz CT molecular complexity index is 566. The predicted molar refractivity (Wildman–Crippen MR) is 75.7 cm³/mol. The van der Waals surface area contributed by atoms with Crippen LogP contribution in [0.4, 0.5) is 0 Å². The first-order chi connectivity index (χ1) is 10.2. The zero-order chi connectivity index (χ0) is 15.2. The smallest absolute Gasteiger partial charge is 0.255 e. The number of nitrogens with zero attached hydrogens (tertiary/aromatic N) is 3. The molecule has 1 aliphatic heterocycles. The largest absolute Gasteiger partial charge is 0.480 e. The third-order valence-electron chi connectivity index (χ3n) is 3.39.